The lowest BCUT2D eigenvalue weighted by Gasteiger charge is -2.39. The quantitative estimate of drug-likeness (QED) is 0.820. The Morgan fingerprint density at radius 3 is 2.50 bits per heavy atom. The molecule has 1 heterocycles. The molecule has 1 aliphatic carbocycles. The first-order valence-corrected chi connectivity index (χ1v) is 7.67. The number of nitrogens with zero attached hydrogens (tertiary/aromatic N) is 1. The van der Waals surface area contributed by atoms with E-state index in [2.05, 4.69) is 18.7 Å². The average molecular weight is 252 g/mol. The minimum atomic E-state index is 0.187. The molecule has 1 saturated heterocycles. The van der Waals surface area contributed by atoms with E-state index in [4.69, 9.17) is 5.73 Å². The van der Waals surface area contributed by atoms with Crippen LogP contribution in [0, 0.1) is 17.8 Å². The van der Waals surface area contributed by atoms with E-state index in [1.807, 2.05) is 0 Å². The second-order valence-corrected chi connectivity index (χ2v) is 6.24. The fourth-order valence-electron chi connectivity index (χ4n) is 3.54. The van der Waals surface area contributed by atoms with E-state index in [9.17, 15) is 4.79 Å². The Kier molecular flexibility index (Phi) is 4.66. The molecule has 3 unspecified atom stereocenters. The summed E-state index contributed by atoms with van der Waals surface area (Å²) >= 11 is 0. The van der Waals surface area contributed by atoms with Crippen molar-refractivity contribution in [2.24, 2.45) is 23.5 Å². The Labute approximate surface area is 111 Å². The molecule has 0 aromatic carbocycles. The van der Waals surface area contributed by atoms with Gasteiger partial charge in [0.25, 0.3) is 0 Å². The third-order valence-corrected chi connectivity index (χ3v) is 5.18. The zero-order valence-corrected chi connectivity index (χ0v) is 11.9. The van der Waals surface area contributed by atoms with Gasteiger partial charge in [-0.15, -0.1) is 0 Å². The zero-order chi connectivity index (χ0) is 13.1. The monoisotopic (exact) mass is 252 g/mol. The zero-order valence-electron chi connectivity index (χ0n) is 11.9. The number of piperidine rings is 1. The molecule has 18 heavy (non-hydrogen) atoms. The van der Waals surface area contributed by atoms with Crippen molar-refractivity contribution in [3.63, 3.8) is 0 Å². The third-order valence-electron chi connectivity index (χ3n) is 5.18. The molecule has 0 aromatic rings. The molecule has 3 nitrogen and oxygen atoms in total. The van der Waals surface area contributed by atoms with Crippen LogP contribution in [-0.2, 0) is 4.79 Å². The molecule has 2 N–H and O–H groups in total. The maximum absolute atomic E-state index is 12.6. The summed E-state index contributed by atoms with van der Waals surface area (Å²) in [7, 11) is 0. The minimum absolute atomic E-state index is 0.187. The molecule has 0 radical (unpaired) electrons. The highest BCUT2D eigenvalue weighted by atomic mass is 16.2. The Morgan fingerprint density at radius 1 is 1.22 bits per heavy atom. The van der Waals surface area contributed by atoms with E-state index in [0.29, 0.717) is 11.8 Å². The van der Waals surface area contributed by atoms with Crippen molar-refractivity contribution in [3.05, 3.63) is 0 Å². The molecule has 0 bridgehead atoms. The molecular weight excluding hydrogens is 224 g/mol. The molecule has 3 atom stereocenters. The van der Waals surface area contributed by atoms with Crippen LogP contribution in [-0.4, -0.2) is 29.9 Å². The van der Waals surface area contributed by atoms with E-state index in [-0.39, 0.29) is 12.0 Å². The van der Waals surface area contributed by atoms with E-state index < -0.39 is 0 Å². The van der Waals surface area contributed by atoms with E-state index >= 15 is 0 Å². The van der Waals surface area contributed by atoms with Gasteiger partial charge < -0.3 is 10.6 Å². The molecule has 1 aliphatic heterocycles. The number of nitrogens with two attached hydrogens (primary N) is 1. The van der Waals surface area contributed by atoms with E-state index in [1.54, 1.807) is 0 Å². The lowest BCUT2D eigenvalue weighted by atomic mass is 9.76. The van der Waals surface area contributed by atoms with Gasteiger partial charge in [-0.25, -0.2) is 0 Å². The van der Waals surface area contributed by atoms with Crippen LogP contribution in [0.25, 0.3) is 0 Å². The summed E-state index contributed by atoms with van der Waals surface area (Å²) in [6.07, 6.45) is 6.88. The first kappa shape index (κ1) is 13.9. The van der Waals surface area contributed by atoms with Crippen molar-refractivity contribution in [2.45, 2.75) is 58.4 Å². The van der Waals surface area contributed by atoms with Crippen LogP contribution in [0.15, 0.2) is 0 Å². The Hall–Kier alpha value is -0.570. The number of amides is 1. The predicted octanol–water partition coefficient (Wildman–Crippen LogP) is 2.40. The van der Waals surface area contributed by atoms with Gasteiger partial charge in [0.1, 0.15) is 0 Å². The van der Waals surface area contributed by atoms with Gasteiger partial charge in [-0.1, -0.05) is 26.7 Å². The van der Waals surface area contributed by atoms with Crippen LogP contribution >= 0.6 is 0 Å². The molecule has 104 valence electrons. The van der Waals surface area contributed by atoms with Crippen LogP contribution in [0.5, 0.6) is 0 Å². The average Bonchev–Trinajstić information content (AvgIpc) is 2.41. The fraction of sp³-hybridized carbons (Fsp3) is 0.933. The lowest BCUT2D eigenvalue weighted by molar-refractivity contribution is -0.140. The number of rotatable bonds is 2. The standard InChI is InChI=1S/C15H28N2O/c1-3-12-7-9-17(10-8-12)15(18)13-5-4-6-14(16)11(13)2/h11-14H,3-10,16H2,1-2H3. The molecule has 2 aliphatic rings. The number of likely N-dealkylation sites (tertiary alicyclic amines) is 1. The van der Waals surface area contributed by atoms with Gasteiger partial charge in [0.05, 0.1) is 0 Å². The number of carbonyl (C=O) groups excluding carboxylic acids is 1. The highest BCUT2D eigenvalue weighted by Gasteiger charge is 2.35. The summed E-state index contributed by atoms with van der Waals surface area (Å²) in [6, 6.07) is 0.223. The van der Waals surface area contributed by atoms with Gasteiger partial charge in [0.15, 0.2) is 0 Å². The summed E-state index contributed by atoms with van der Waals surface area (Å²) in [5.41, 5.74) is 6.11. The second-order valence-electron chi connectivity index (χ2n) is 6.24. The molecule has 3 heteroatoms. The van der Waals surface area contributed by atoms with E-state index in [1.165, 1.54) is 19.3 Å². The van der Waals surface area contributed by atoms with Crippen LogP contribution < -0.4 is 5.73 Å². The van der Waals surface area contributed by atoms with Gasteiger partial charge in [-0.2, -0.15) is 0 Å². The van der Waals surface area contributed by atoms with Gasteiger partial charge in [-0.3, -0.25) is 4.79 Å². The van der Waals surface area contributed by atoms with Crippen LogP contribution in [0.1, 0.15) is 52.4 Å². The van der Waals surface area contributed by atoms with Crippen LogP contribution in [0.3, 0.4) is 0 Å². The fourth-order valence-corrected chi connectivity index (χ4v) is 3.54. The predicted molar refractivity (Wildman–Crippen MR) is 74.1 cm³/mol. The van der Waals surface area contributed by atoms with Gasteiger partial charge in [0.2, 0.25) is 5.91 Å². The van der Waals surface area contributed by atoms with Crippen molar-refractivity contribution in [1.29, 1.82) is 0 Å². The number of hydrogen-bond acceptors (Lipinski definition) is 2. The van der Waals surface area contributed by atoms with Crippen molar-refractivity contribution in [3.8, 4) is 0 Å². The Morgan fingerprint density at radius 2 is 1.89 bits per heavy atom. The molecule has 1 amide bonds. The largest absolute Gasteiger partial charge is 0.342 e. The summed E-state index contributed by atoms with van der Waals surface area (Å²) in [6.45, 7) is 6.35. The SMILES string of the molecule is CCC1CCN(C(=O)C2CCCC(N)C2C)CC1. The van der Waals surface area contributed by atoms with Crippen molar-refractivity contribution in [1.82, 2.24) is 4.90 Å². The summed E-state index contributed by atoms with van der Waals surface area (Å²) < 4.78 is 0. The van der Waals surface area contributed by atoms with Gasteiger partial charge in [-0.05, 0) is 37.5 Å². The lowest BCUT2D eigenvalue weighted by Crippen LogP contribution is -2.48. The van der Waals surface area contributed by atoms with Crippen LogP contribution in [0.4, 0.5) is 0 Å². The minimum Gasteiger partial charge on any atom is -0.342 e. The Bertz CT molecular complexity index is 284. The molecular formula is C15H28N2O. The smallest absolute Gasteiger partial charge is 0.226 e. The maximum atomic E-state index is 12.6. The summed E-state index contributed by atoms with van der Waals surface area (Å²) in [5.74, 6) is 1.76. The van der Waals surface area contributed by atoms with Crippen molar-refractivity contribution in [2.75, 3.05) is 13.1 Å². The topological polar surface area (TPSA) is 46.3 Å². The van der Waals surface area contributed by atoms with Crippen molar-refractivity contribution >= 4 is 5.91 Å². The summed E-state index contributed by atoms with van der Waals surface area (Å²) in [4.78, 5) is 14.7. The first-order chi connectivity index (χ1) is 8.63. The van der Waals surface area contributed by atoms with Crippen LogP contribution in [0.2, 0.25) is 0 Å². The van der Waals surface area contributed by atoms with E-state index in [0.717, 1.165) is 38.3 Å². The second kappa shape index (κ2) is 6.05. The first-order valence-electron chi connectivity index (χ1n) is 7.67. The maximum Gasteiger partial charge on any atom is 0.226 e. The highest BCUT2D eigenvalue weighted by molar-refractivity contribution is 5.79. The third kappa shape index (κ3) is 2.87. The van der Waals surface area contributed by atoms with Gasteiger partial charge in [0, 0.05) is 25.0 Å². The molecule has 1 saturated carbocycles. The van der Waals surface area contributed by atoms with Gasteiger partial charge >= 0.3 is 0 Å². The molecule has 0 aromatic heterocycles. The normalized spacial score (nSPS) is 34.6. The highest BCUT2D eigenvalue weighted by Crippen LogP contribution is 2.31. The Balaban J connectivity index is 1.91. The molecule has 2 fully saturated rings. The summed E-state index contributed by atoms with van der Waals surface area (Å²) in [5, 5.41) is 0. The molecule has 2 rings (SSSR count). The number of hydrogen-bond donors (Lipinski definition) is 1. The number of carbonyl (C=O) groups is 1. The molecule has 0 spiro atoms. The van der Waals surface area contributed by atoms with Crippen molar-refractivity contribution < 1.29 is 4.79 Å².